The van der Waals surface area contributed by atoms with Crippen LogP contribution in [0.25, 0.3) is 0 Å². The Morgan fingerprint density at radius 2 is 1.53 bits per heavy atom. The number of esters is 2. The van der Waals surface area contributed by atoms with Crippen LogP contribution in [0.5, 0.6) is 0 Å². The first-order valence-corrected chi connectivity index (χ1v) is 4.97. The van der Waals surface area contributed by atoms with Crippen LogP contribution in [0, 0.1) is 0 Å². The van der Waals surface area contributed by atoms with Gasteiger partial charge in [0.05, 0.1) is 19.9 Å². The van der Waals surface area contributed by atoms with E-state index >= 15 is 0 Å². The molecule has 0 spiro atoms. The lowest BCUT2D eigenvalue weighted by Gasteiger charge is -2.02. The van der Waals surface area contributed by atoms with Crippen LogP contribution >= 0.6 is 11.6 Å². The van der Waals surface area contributed by atoms with Crippen LogP contribution in [-0.4, -0.2) is 31.9 Å². The van der Waals surface area contributed by atoms with Crippen LogP contribution in [0.1, 0.15) is 0 Å². The molecule has 0 aliphatic rings. The molecule has 17 heavy (non-hydrogen) atoms. The van der Waals surface area contributed by atoms with Crippen LogP contribution in [-0.2, 0) is 19.1 Å². The number of ether oxygens (including phenoxy) is 2. The first kappa shape index (κ1) is 13.2. The molecule has 0 unspecified atom stereocenters. The molecule has 1 rings (SSSR count). The zero-order valence-electron chi connectivity index (χ0n) is 9.27. The third-order valence-corrected chi connectivity index (χ3v) is 2.08. The molecule has 0 radical (unpaired) electrons. The first-order valence-electron chi connectivity index (χ1n) is 4.59. The molecule has 5 nitrogen and oxygen atoms in total. The van der Waals surface area contributed by atoms with Gasteiger partial charge in [0, 0.05) is 5.02 Å². The maximum atomic E-state index is 11.3. The standard InChI is InChI=1S/C11H10ClNO4/c1-16-10(14)9(11(15)17-2)13-8-5-3-7(12)4-6-8/h3-6H,1-2H3. The van der Waals surface area contributed by atoms with Gasteiger partial charge < -0.3 is 9.47 Å². The summed E-state index contributed by atoms with van der Waals surface area (Å²) in [6.45, 7) is 0. The number of carbonyl (C=O) groups is 2. The second-order valence-electron chi connectivity index (χ2n) is 2.92. The molecule has 0 fully saturated rings. The number of benzene rings is 1. The highest BCUT2D eigenvalue weighted by Crippen LogP contribution is 2.16. The van der Waals surface area contributed by atoms with Crippen LogP contribution in [0.15, 0.2) is 29.3 Å². The third-order valence-electron chi connectivity index (χ3n) is 1.83. The summed E-state index contributed by atoms with van der Waals surface area (Å²) < 4.78 is 8.87. The summed E-state index contributed by atoms with van der Waals surface area (Å²) in [5.41, 5.74) is -0.0162. The van der Waals surface area contributed by atoms with E-state index in [0.29, 0.717) is 10.7 Å². The predicted molar refractivity (Wildman–Crippen MR) is 62.6 cm³/mol. The van der Waals surface area contributed by atoms with E-state index in [4.69, 9.17) is 11.6 Å². The molecule has 0 atom stereocenters. The van der Waals surface area contributed by atoms with Crippen molar-refractivity contribution in [2.45, 2.75) is 0 Å². The quantitative estimate of drug-likeness (QED) is 0.469. The Bertz CT molecular complexity index is 435. The fraction of sp³-hybridized carbons (Fsp3) is 0.182. The lowest BCUT2D eigenvalue weighted by molar-refractivity contribution is -0.138. The second kappa shape index (κ2) is 6.00. The average Bonchev–Trinajstić information content (AvgIpc) is 2.36. The first-order chi connectivity index (χ1) is 8.08. The fourth-order valence-electron chi connectivity index (χ4n) is 1.01. The summed E-state index contributed by atoms with van der Waals surface area (Å²) in [6.07, 6.45) is 0. The van der Waals surface area contributed by atoms with Gasteiger partial charge in [0.1, 0.15) is 0 Å². The van der Waals surface area contributed by atoms with Crippen LogP contribution < -0.4 is 0 Å². The van der Waals surface area contributed by atoms with E-state index in [2.05, 4.69) is 14.5 Å². The number of hydrogen-bond acceptors (Lipinski definition) is 5. The minimum atomic E-state index is -0.855. The fourth-order valence-corrected chi connectivity index (χ4v) is 1.14. The molecular formula is C11H10ClNO4. The Kier molecular flexibility index (Phi) is 4.66. The third kappa shape index (κ3) is 3.57. The molecule has 0 saturated carbocycles. The van der Waals surface area contributed by atoms with Crippen molar-refractivity contribution in [2.75, 3.05) is 14.2 Å². The second-order valence-corrected chi connectivity index (χ2v) is 3.36. The molecule has 0 amide bonds. The van der Waals surface area contributed by atoms with Crippen LogP contribution in [0.4, 0.5) is 5.69 Å². The zero-order chi connectivity index (χ0) is 12.8. The molecule has 90 valence electrons. The maximum Gasteiger partial charge on any atom is 0.364 e. The van der Waals surface area contributed by atoms with Gasteiger partial charge in [-0.2, -0.15) is 0 Å². The van der Waals surface area contributed by atoms with Crippen LogP contribution in [0.2, 0.25) is 5.02 Å². The SMILES string of the molecule is COC(=O)C(=Nc1ccc(Cl)cc1)C(=O)OC. The van der Waals surface area contributed by atoms with E-state index in [1.807, 2.05) is 0 Å². The van der Waals surface area contributed by atoms with E-state index in [1.165, 1.54) is 0 Å². The van der Waals surface area contributed by atoms with Gasteiger partial charge in [0.2, 0.25) is 5.71 Å². The maximum absolute atomic E-state index is 11.3. The monoisotopic (exact) mass is 255 g/mol. The van der Waals surface area contributed by atoms with Gasteiger partial charge in [-0.05, 0) is 24.3 Å². The lowest BCUT2D eigenvalue weighted by Crippen LogP contribution is -2.26. The number of halogens is 1. The van der Waals surface area contributed by atoms with Crippen molar-refractivity contribution >= 4 is 34.9 Å². The van der Waals surface area contributed by atoms with E-state index in [1.54, 1.807) is 24.3 Å². The van der Waals surface area contributed by atoms with Gasteiger partial charge in [0.15, 0.2) is 0 Å². The number of methoxy groups -OCH3 is 2. The molecule has 1 aromatic carbocycles. The summed E-state index contributed by atoms with van der Waals surface area (Å²) in [5, 5.41) is 0.529. The highest BCUT2D eigenvalue weighted by molar-refractivity contribution is 6.62. The molecule has 1 aromatic rings. The van der Waals surface area contributed by atoms with Crippen LogP contribution in [0.3, 0.4) is 0 Å². The minimum Gasteiger partial charge on any atom is -0.464 e. The number of hydrogen-bond donors (Lipinski definition) is 0. The lowest BCUT2D eigenvalue weighted by atomic mass is 10.3. The van der Waals surface area contributed by atoms with Gasteiger partial charge in [0.25, 0.3) is 0 Å². The normalized spacial score (nSPS) is 9.35. The van der Waals surface area contributed by atoms with Crippen molar-refractivity contribution in [3.8, 4) is 0 Å². The summed E-state index contributed by atoms with van der Waals surface area (Å²) >= 11 is 5.70. The molecule has 0 heterocycles. The van der Waals surface area contributed by atoms with Gasteiger partial charge in [-0.25, -0.2) is 14.6 Å². The molecule has 6 heteroatoms. The van der Waals surface area contributed by atoms with Gasteiger partial charge >= 0.3 is 11.9 Å². The molecule has 0 aliphatic heterocycles. The minimum absolute atomic E-state index is 0.403. The summed E-state index contributed by atoms with van der Waals surface area (Å²) in [6, 6.07) is 6.31. The van der Waals surface area contributed by atoms with Gasteiger partial charge in [-0.15, -0.1) is 0 Å². The average molecular weight is 256 g/mol. The number of aliphatic imine (C=N–C) groups is 1. The van der Waals surface area contributed by atoms with Crippen molar-refractivity contribution in [1.29, 1.82) is 0 Å². The molecule has 0 saturated heterocycles. The number of carbonyl (C=O) groups excluding carboxylic acids is 2. The topological polar surface area (TPSA) is 65.0 Å². The Morgan fingerprint density at radius 3 is 1.94 bits per heavy atom. The largest absolute Gasteiger partial charge is 0.464 e. The summed E-state index contributed by atoms with van der Waals surface area (Å²) in [7, 11) is 2.31. The Labute approximate surface area is 103 Å². The van der Waals surface area contributed by atoms with Crippen molar-refractivity contribution < 1.29 is 19.1 Å². The smallest absolute Gasteiger partial charge is 0.364 e. The van der Waals surface area contributed by atoms with E-state index in [9.17, 15) is 9.59 Å². The molecule has 0 N–H and O–H groups in total. The summed E-state index contributed by atoms with van der Waals surface area (Å²) in [5.74, 6) is -1.71. The van der Waals surface area contributed by atoms with Crippen molar-refractivity contribution in [3.05, 3.63) is 29.3 Å². The van der Waals surface area contributed by atoms with E-state index < -0.39 is 17.7 Å². The highest BCUT2D eigenvalue weighted by Gasteiger charge is 2.21. The highest BCUT2D eigenvalue weighted by atomic mass is 35.5. The molecule has 0 aromatic heterocycles. The van der Waals surface area contributed by atoms with E-state index in [0.717, 1.165) is 14.2 Å². The molecule has 0 aliphatic carbocycles. The van der Waals surface area contributed by atoms with E-state index in [-0.39, 0.29) is 0 Å². The summed E-state index contributed by atoms with van der Waals surface area (Å²) in [4.78, 5) is 26.5. The Hall–Kier alpha value is -1.88. The number of rotatable bonds is 3. The van der Waals surface area contributed by atoms with Crippen molar-refractivity contribution in [3.63, 3.8) is 0 Å². The Morgan fingerprint density at radius 1 is 1.06 bits per heavy atom. The zero-order valence-corrected chi connectivity index (χ0v) is 10.0. The number of nitrogens with zero attached hydrogens (tertiary/aromatic N) is 1. The Balaban J connectivity index is 3.09. The van der Waals surface area contributed by atoms with Crippen molar-refractivity contribution in [1.82, 2.24) is 0 Å². The van der Waals surface area contributed by atoms with Gasteiger partial charge in [-0.3, -0.25) is 0 Å². The van der Waals surface area contributed by atoms with Gasteiger partial charge in [-0.1, -0.05) is 11.6 Å². The molecular weight excluding hydrogens is 246 g/mol. The van der Waals surface area contributed by atoms with Crippen molar-refractivity contribution in [2.24, 2.45) is 4.99 Å². The predicted octanol–water partition coefficient (Wildman–Crippen LogP) is 1.76. The molecule has 0 bridgehead atoms.